The van der Waals surface area contributed by atoms with Gasteiger partial charge in [-0.15, -0.1) is 0 Å². The van der Waals surface area contributed by atoms with Crippen molar-refractivity contribution < 1.29 is 13.2 Å². The standard InChI is InChI=1S/C15H11F3N2/c1-9-6-19-3-2-12(9)13-5-11(15(16,17)18)4-10-7-20-8-14(10)13/h2-6,8H,7H2,1H3. The van der Waals surface area contributed by atoms with E-state index in [9.17, 15) is 13.2 Å². The molecule has 1 aromatic heterocycles. The van der Waals surface area contributed by atoms with Gasteiger partial charge in [0.2, 0.25) is 0 Å². The number of pyridine rings is 1. The van der Waals surface area contributed by atoms with Crippen LogP contribution in [0.2, 0.25) is 0 Å². The zero-order valence-corrected chi connectivity index (χ0v) is 10.7. The van der Waals surface area contributed by atoms with E-state index in [0.717, 1.165) is 16.7 Å². The molecule has 1 aromatic carbocycles. The molecule has 0 fully saturated rings. The second kappa shape index (κ2) is 4.44. The molecule has 0 aliphatic carbocycles. The lowest BCUT2D eigenvalue weighted by Gasteiger charge is -2.14. The molecule has 0 unspecified atom stereocenters. The minimum Gasteiger partial charge on any atom is -0.288 e. The summed E-state index contributed by atoms with van der Waals surface area (Å²) in [4.78, 5) is 8.06. The Balaban J connectivity index is 2.27. The Morgan fingerprint density at radius 1 is 1.15 bits per heavy atom. The first-order valence-electron chi connectivity index (χ1n) is 6.12. The number of nitrogens with zero attached hydrogens (tertiary/aromatic N) is 2. The first-order chi connectivity index (χ1) is 9.47. The van der Waals surface area contributed by atoms with Gasteiger partial charge in [0.25, 0.3) is 0 Å². The first-order valence-corrected chi connectivity index (χ1v) is 6.12. The molecule has 2 nitrogen and oxygen atoms in total. The summed E-state index contributed by atoms with van der Waals surface area (Å²) in [5.41, 5.74) is 2.92. The maximum absolute atomic E-state index is 13.0. The van der Waals surface area contributed by atoms with Crippen molar-refractivity contribution in [1.29, 1.82) is 0 Å². The number of hydrogen-bond donors (Lipinski definition) is 0. The van der Waals surface area contributed by atoms with Gasteiger partial charge in [-0.25, -0.2) is 0 Å². The van der Waals surface area contributed by atoms with Gasteiger partial charge in [0.15, 0.2) is 0 Å². The van der Waals surface area contributed by atoms with E-state index in [1.54, 1.807) is 24.7 Å². The van der Waals surface area contributed by atoms with Crippen LogP contribution in [0.4, 0.5) is 13.2 Å². The van der Waals surface area contributed by atoms with Crippen molar-refractivity contribution in [2.45, 2.75) is 19.6 Å². The Hall–Kier alpha value is -2.17. The highest BCUT2D eigenvalue weighted by Gasteiger charge is 2.32. The van der Waals surface area contributed by atoms with Crippen molar-refractivity contribution in [3.63, 3.8) is 0 Å². The number of halogens is 3. The Bertz CT molecular complexity index is 703. The lowest BCUT2D eigenvalue weighted by Crippen LogP contribution is -2.07. The molecule has 5 heteroatoms. The van der Waals surface area contributed by atoms with E-state index in [1.807, 2.05) is 6.92 Å². The number of aromatic nitrogens is 1. The molecule has 0 saturated carbocycles. The molecule has 0 bridgehead atoms. The van der Waals surface area contributed by atoms with Gasteiger partial charge in [-0.1, -0.05) is 0 Å². The van der Waals surface area contributed by atoms with Gasteiger partial charge in [-0.3, -0.25) is 9.98 Å². The van der Waals surface area contributed by atoms with Gasteiger partial charge in [0.1, 0.15) is 0 Å². The molecule has 1 aliphatic heterocycles. The van der Waals surface area contributed by atoms with Crippen LogP contribution in [0.3, 0.4) is 0 Å². The van der Waals surface area contributed by atoms with Crippen LogP contribution < -0.4 is 0 Å². The fourth-order valence-corrected chi connectivity index (χ4v) is 2.39. The molecule has 0 radical (unpaired) electrons. The largest absolute Gasteiger partial charge is 0.416 e. The summed E-state index contributed by atoms with van der Waals surface area (Å²) in [6.45, 7) is 2.14. The molecular weight excluding hydrogens is 265 g/mol. The lowest BCUT2D eigenvalue weighted by atomic mass is 9.93. The second-order valence-electron chi connectivity index (χ2n) is 4.75. The number of aryl methyl sites for hydroxylation is 1. The number of fused-ring (bicyclic) bond motifs is 1. The molecule has 2 heterocycles. The maximum atomic E-state index is 13.0. The van der Waals surface area contributed by atoms with Crippen molar-refractivity contribution >= 4 is 6.21 Å². The van der Waals surface area contributed by atoms with E-state index in [-0.39, 0.29) is 0 Å². The second-order valence-corrected chi connectivity index (χ2v) is 4.75. The molecular formula is C15H11F3N2. The van der Waals surface area contributed by atoms with Gasteiger partial charge in [0, 0.05) is 24.2 Å². The summed E-state index contributed by atoms with van der Waals surface area (Å²) >= 11 is 0. The molecule has 3 rings (SSSR count). The molecule has 20 heavy (non-hydrogen) atoms. The number of aliphatic imine (C=N–C) groups is 1. The van der Waals surface area contributed by atoms with Gasteiger partial charge in [-0.2, -0.15) is 13.2 Å². The predicted molar refractivity (Wildman–Crippen MR) is 70.7 cm³/mol. The van der Waals surface area contributed by atoms with E-state index in [4.69, 9.17) is 0 Å². The molecule has 0 N–H and O–H groups in total. The van der Waals surface area contributed by atoms with Crippen molar-refractivity contribution in [3.05, 3.63) is 52.8 Å². The van der Waals surface area contributed by atoms with E-state index < -0.39 is 11.7 Å². The Kier molecular flexibility index (Phi) is 2.85. The predicted octanol–water partition coefficient (Wildman–Crippen LogP) is 4.01. The van der Waals surface area contributed by atoms with Gasteiger partial charge in [0.05, 0.1) is 12.1 Å². The molecule has 2 aromatic rings. The van der Waals surface area contributed by atoms with Gasteiger partial charge >= 0.3 is 6.18 Å². The monoisotopic (exact) mass is 276 g/mol. The number of rotatable bonds is 1. The average Bonchev–Trinajstić information content (AvgIpc) is 2.85. The zero-order chi connectivity index (χ0) is 14.3. The first kappa shape index (κ1) is 12.8. The van der Waals surface area contributed by atoms with Crippen LogP contribution in [0.5, 0.6) is 0 Å². The molecule has 0 spiro atoms. The van der Waals surface area contributed by atoms with Crippen molar-refractivity contribution in [2.24, 2.45) is 4.99 Å². The number of benzene rings is 1. The Morgan fingerprint density at radius 3 is 2.65 bits per heavy atom. The summed E-state index contributed by atoms with van der Waals surface area (Å²) < 4.78 is 39.0. The smallest absolute Gasteiger partial charge is 0.288 e. The maximum Gasteiger partial charge on any atom is 0.416 e. The fourth-order valence-electron chi connectivity index (χ4n) is 2.39. The van der Waals surface area contributed by atoms with Crippen LogP contribution in [-0.4, -0.2) is 11.2 Å². The normalized spacial score (nSPS) is 13.6. The third kappa shape index (κ3) is 2.09. The van der Waals surface area contributed by atoms with Crippen molar-refractivity contribution in [3.8, 4) is 11.1 Å². The van der Waals surface area contributed by atoms with Crippen LogP contribution in [-0.2, 0) is 12.7 Å². The SMILES string of the molecule is Cc1cnccc1-c1cc(C(F)(F)F)cc2c1C=NC2. The van der Waals surface area contributed by atoms with E-state index >= 15 is 0 Å². The van der Waals surface area contributed by atoms with E-state index in [0.29, 0.717) is 17.7 Å². The number of hydrogen-bond acceptors (Lipinski definition) is 2. The van der Waals surface area contributed by atoms with Crippen molar-refractivity contribution in [1.82, 2.24) is 4.98 Å². The average molecular weight is 276 g/mol. The van der Waals surface area contributed by atoms with Gasteiger partial charge in [-0.05, 0) is 47.4 Å². The highest BCUT2D eigenvalue weighted by molar-refractivity contribution is 5.94. The van der Waals surface area contributed by atoms with Crippen molar-refractivity contribution in [2.75, 3.05) is 0 Å². The van der Waals surface area contributed by atoms with E-state index in [2.05, 4.69) is 9.98 Å². The summed E-state index contributed by atoms with van der Waals surface area (Å²) in [7, 11) is 0. The highest BCUT2D eigenvalue weighted by Crippen LogP contribution is 2.37. The molecule has 1 aliphatic rings. The van der Waals surface area contributed by atoms with Crippen LogP contribution in [0.25, 0.3) is 11.1 Å². The third-order valence-electron chi connectivity index (χ3n) is 3.39. The van der Waals surface area contributed by atoms with E-state index in [1.165, 1.54) is 12.1 Å². The quantitative estimate of drug-likeness (QED) is 0.772. The summed E-state index contributed by atoms with van der Waals surface area (Å²) in [6.07, 6.45) is 0.521. The minimum absolute atomic E-state index is 0.302. The molecule has 0 amide bonds. The molecule has 102 valence electrons. The van der Waals surface area contributed by atoms with Crippen LogP contribution in [0.15, 0.2) is 35.6 Å². The molecule has 0 atom stereocenters. The summed E-state index contributed by atoms with van der Waals surface area (Å²) in [5, 5.41) is 0. The topological polar surface area (TPSA) is 25.2 Å². The van der Waals surface area contributed by atoms with Gasteiger partial charge < -0.3 is 0 Å². The van der Waals surface area contributed by atoms with Crippen LogP contribution in [0.1, 0.15) is 22.3 Å². The Morgan fingerprint density at radius 2 is 1.95 bits per heavy atom. The summed E-state index contributed by atoms with van der Waals surface area (Å²) in [5.74, 6) is 0. The number of alkyl halides is 3. The van der Waals surface area contributed by atoms with Crippen LogP contribution in [0, 0.1) is 6.92 Å². The lowest BCUT2D eigenvalue weighted by molar-refractivity contribution is -0.137. The molecule has 0 saturated heterocycles. The fraction of sp³-hybridized carbons (Fsp3) is 0.200. The minimum atomic E-state index is -4.35. The zero-order valence-electron chi connectivity index (χ0n) is 10.7. The van der Waals surface area contributed by atoms with Crippen LogP contribution >= 0.6 is 0 Å². The summed E-state index contributed by atoms with van der Waals surface area (Å²) in [6, 6.07) is 4.11. The third-order valence-corrected chi connectivity index (χ3v) is 3.39. The Labute approximate surface area is 114 Å². The highest BCUT2D eigenvalue weighted by atomic mass is 19.4.